The van der Waals surface area contributed by atoms with Crippen LogP contribution in [0.2, 0.25) is 0 Å². The van der Waals surface area contributed by atoms with Crippen molar-refractivity contribution in [2.45, 2.75) is 13.8 Å². The van der Waals surface area contributed by atoms with Crippen LogP contribution in [0.3, 0.4) is 0 Å². The summed E-state index contributed by atoms with van der Waals surface area (Å²) in [6, 6.07) is 7.79. The average Bonchev–Trinajstić information content (AvgIpc) is 2.37. The molecule has 4 nitrogen and oxygen atoms in total. The molecule has 0 unspecified atom stereocenters. The van der Waals surface area contributed by atoms with Crippen molar-refractivity contribution in [1.82, 2.24) is 10.6 Å². The molecule has 0 radical (unpaired) electrons. The van der Waals surface area contributed by atoms with Crippen molar-refractivity contribution in [1.29, 1.82) is 0 Å². The highest BCUT2D eigenvalue weighted by Gasteiger charge is 1.95. The van der Waals surface area contributed by atoms with Gasteiger partial charge in [-0.2, -0.15) is 0 Å². The molecule has 0 heterocycles. The van der Waals surface area contributed by atoms with Gasteiger partial charge in [-0.25, -0.2) is 4.99 Å². The zero-order chi connectivity index (χ0) is 13.2. The third-order valence-corrected chi connectivity index (χ3v) is 2.66. The van der Waals surface area contributed by atoms with Crippen LogP contribution in [0.25, 0.3) is 0 Å². The Morgan fingerprint density at radius 1 is 1.16 bits per heavy atom. The Labute approximate surface area is 140 Å². The second kappa shape index (κ2) is 11.3. The van der Waals surface area contributed by atoms with Gasteiger partial charge < -0.3 is 15.4 Å². The Morgan fingerprint density at radius 3 is 2.26 bits per heavy atom. The lowest BCUT2D eigenvalue weighted by atomic mass is 10.3. The van der Waals surface area contributed by atoms with Crippen molar-refractivity contribution in [3.8, 4) is 5.75 Å². The molecule has 108 valence electrons. The quantitative estimate of drug-likeness (QED) is 0.308. The van der Waals surface area contributed by atoms with E-state index in [1.54, 1.807) is 0 Å². The van der Waals surface area contributed by atoms with E-state index in [-0.39, 0.29) is 24.0 Å². The van der Waals surface area contributed by atoms with Crippen molar-refractivity contribution in [3.05, 3.63) is 28.7 Å². The smallest absolute Gasteiger partial charge is 0.191 e. The second-order valence-corrected chi connectivity index (χ2v) is 4.51. The molecular formula is C13H21BrIN3O. The monoisotopic (exact) mass is 441 g/mol. The van der Waals surface area contributed by atoms with E-state index in [0.717, 1.165) is 29.3 Å². The van der Waals surface area contributed by atoms with Gasteiger partial charge in [-0.15, -0.1) is 24.0 Å². The van der Waals surface area contributed by atoms with E-state index >= 15 is 0 Å². The third-order valence-electron chi connectivity index (χ3n) is 2.13. The zero-order valence-electron chi connectivity index (χ0n) is 11.3. The summed E-state index contributed by atoms with van der Waals surface area (Å²) in [6.45, 7) is 7.02. The van der Waals surface area contributed by atoms with Gasteiger partial charge in [-0.05, 0) is 38.1 Å². The summed E-state index contributed by atoms with van der Waals surface area (Å²) in [6.07, 6.45) is 0. The molecule has 0 aromatic heterocycles. The molecule has 0 saturated carbocycles. The van der Waals surface area contributed by atoms with Gasteiger partial charge in [0.2, 0.25) is 0 Å². The van der Waals surface area contributed by atoms with E-state index in [1.807, 2.05) is 38.1 Å². The van der Waals surface area contributed by atoms with Gasteiger partial charge in [0.1, 0.15) is 12.4 Å². The first-order valence-electron chi connectivity index (χ1n) is 6.16. The highest BCUT2D eigenvalue weighted by molar-refractivity contribution is 14.0. The number of hydrogen-bond donors (Lipinski definition) is 2. The summed E-state index contributed by atoms with van der Waals surface area (Å²) in [5.41, 5.74) is 0. The Kier molecular flexibility index (Phi) is 11.0. The van der Waals surface area contributed by atoms with Crippen LogP contribution in [0.15, 0.2) is 33.7 Å². The fourth-order valence-corrected chi connectivity index (χ4v) is 1.63. The van der Waals surface area contributed by atoms with Crippen molar-refractivity contribution in [2.24, 2.45) is 4.99 Å². The topological polar surface area (TPSA) is 45.7 Å². The highest BCUT2D eigenvalue weighted by atomic mass is 127. The highest BCUT2D eigenvalue weighted by Crippen LogP contribution is 2.15. The van der Waals surface area contributed by atoms with Crippen molar-refractivity contribution >= 4 is 45.9 Å². The SMILES string of the molecule is CCNC(=NCCOc1ccc(Br)cc1)NCC.I. The predicted octanol–water partition coefficient (Wildman–Crippen LogP) is 3.02. The number of nitrogens with one attached hydrogen (secondary N) is 2. The van der Waals surface area contributed by atoms with Crippen LogP contribution >= 0.6 is 39.9 Å². The van der Waals surface area contributed by atoms with Crippen LogP contribution in [0.5, 0.6) is 5.75 Å². The Balaban J connectivity index is 0.00000324. The molecule has 0 atom stereocenters. The number of benzene rings is 1. The zero-order valence-corrected chi connectivity index (χ0v) is 15.2. The van der Waals surface area contributed by atoms with Gasteiger partial charge >= 0.3 is 0 Å². The lowest BCUT2D eigenvalue weighted by Gasteiger charge is -2.09. The summed E-state index contributed by atoms with van der Waals surface area (Å²) in [5, 5.41) is 6.33. The van der Waals surface area contributed by atoms with Crippen LogP contribution in [0.4, 0.5) is 0 Å². The van der Waals surface area contributed by atoms with Crippen molar-refractivity contribution < 1.29 is 4.74 Å². The number of rotatable bonds is 6. The average molecular weight is 442 g/mol. The number of ether oxygens (including phenoxy) is 1. The van der Waals surface area contributed by atoms with Gasteiger partial charge in [-0.1, -0.05) is 15.9 Å². The Bertz CT molecular complexity index is 363. The van der Waals surface area contributed by atoms with Gasteiger partial charge in [-0.3, -0.25) is 0 Å². The summed E-state index contributed by atoms with van der Waals surface area (Å²) in [4.78, 5) is 4.40. The van der Waals surface area contributed by atoms with E-state index in [0.29, 0.717) is 13.2 Å². The van der Waals surface area contributed by atoms with Crippen LogP contribution in [0, 0.1) is 0 Å². The van der Waals surface area contributed by atoms with Gasteiger partial charge in [0.15, 0.2) is 5.96 Å². The fourth-order valence-electron chi connectivity index (χ4n) is 1.36. The van der Waals surface area contributed by atoms with E-state index in [1.165, 1.54) is 0 Å². The number of hydrogen-bond acceptors (Lipinski definition) is 2. The molecule has 0 aliphatic carbocycles. The Morgan fingerprint density at radius 2 is 1.74 bits per heavy atom. The number of guanidine groups is 1. The van der Waals surface area contributed by atoms with E-state index in [2.05, 4.69) is 31.6 Å². The molecule has 0 spiro atoms. The molecule has 0 aliphatic heterocycles. The first-order valence-corrected chi connectivity index (χ1v) is 6.96. The van der Waals surface area contributed by atoms with E-state index in [4.69, 9.17) is 4.74 Å². The fraction of sp³-hybridized carbons (Fsp3) is 0.462. The van der Waals surface area contributed by atoms with Gasteiger partial charge in [0.05, 0.1) is 6.54 Å². The first-order chi connectivity index (χ1) is 8.76. The minimum absolute atomic E-state index is 0. The summed E-state index contributed by atoms with van der Waals surface area (Å²) >= 11 is 3.39. The molecule has 19 heavy (non-hydrogen) atoms. The lowest BCUT2D eigenvalue weighted by Crippen LogP contribution is -2.37. The maximum Gasteiger partial charge on any atom is 0.191 e. The number of nitrogens with zero attached hydrogens (tertiary/aromatic N) is 1. The van der Waals surface area contributed by atoms with Crippen LogP contribution < -0.4 is 15.4 Å². The normalized spacial score (nSPS) is 9.21. The van der Waals surface area contributed by atoms with E-state index < -0.39 is 0 Å². The largest absolute Gasteiger partial charge is 0.492 e. The van der Waals surface area contributed by atoms with Crippen LogP contribution in [0.1, 0.15) is 13.8 Å². The van der Waals surface area contributed by atoms with E-state index in [9.17, 15) is 0 Å². The summed E-state index contributed by atoms with van der Waals surface area (Å²) in [5.74, 6) is 1.70. The molecule has 0 aliphatic rings. The molecule has 0 amide bonds. The molecule has 0 fully saturated rings. The number of halogens is 2. The molecule has 6 heteroatoms. The molecule has 1 aromatic carbocycles. The predicted molar refractivity (Wildman–Crippen MR) is 94.7 cm³/mol. The lowest BCUT2D eigenvalue weighted by molar-refractivity contribution is 0.328. The summed E-state index contributed by atoms with van der Waals surface area (Å²) < 4.78 is 6.63. The minimum Gasteiger partial charge on any atom is -0.492 e. The maximum atomic E-state index is 5.58. The molecule has 2 N–H and O–H groups in total. The Hall–Kier alpha value is -0.500. The standard InChI is InChI=1S/C13H20BrN3O.HI/c1-3-15-13(16-4-2)17-9-10-18-12-7-5-11(14)6-8-12;/h5-8H,3-4,9-10H2,1-2H3,(H2,15,16,17);1H. The minimum atomic E-state index is 0. The van der Waals surface area contributed by atoms with Gasteiger partial charge in [0.25, 0.3) is 0 Å². The first kappa shape index (κ1) is 18.5. The van der Waals surface area contributed by atoms with Crippen molar-refractivity contribution in [3.63, 3.8) is 0 Å². The molecule has 1 aromatic rings. The van der Waals surface area contributed by atoms with Crippen LogP contribution in [-0.4, -0.2) is 32.2 Å². The summed E-state index contributed by atoms with van der Waals surface area (Å²) in [7, 11) is 0. The molecule has 1 rings (SSSR count). The molecule has 0 saturated heterocycles. The third kappa shape index (κ3) is 8.30. The number of aliphatic imine (C=N–C) groups is 1. The molecular weight excluding hydrogens is 421 g/mol. The molecule has 0 bridgehead atoms. The maximum absolute atomic E-state index is 5.58. The van der Waals surface area contributed by atoms with Gasteiger partial charge in [0, 0.05) is 17.6 Å². The second-order valence-electron chi connectivity index (χ2n) is 3.59. The van der Waals surface area contributed by atoms with Crippen LogP contribution in [-0.2, 0) is 0 Å². The van der Waals surface area contributed by atoms with Crippen molar-refractivity contribution in [2.75, 3.05) is 26.2 Å².